The number of hydrogen-bond donors (Lipinski definition) is 1. The summed E-state index contributed by atoms with van der Waals surface area (Å²) >= 11 is 0. The van der Waals surface area contributed by atoms with Crippen molar-refractivity contribution >= 4 is 17.2 Å². The molecule has 2 aromatic rings. The van der Waals surface area contributed by atoms with Crippen molar-refractivity contribution in [1.29, 1.82) is 0 Å². The summed E-state index contributed by atoms with van der Waals surface area (Å²) in [7, 11) is 1.95. The van der Waals surface area contributed by atoms with Crippen molar-refractivity contribution in [2.24, 2.45) is 12.8 Å². The Balaban J connectivity index is 2.72. The van der Waals surface area contributed by atoms with Crippen LogP contribution >= 0.6 is 0 Å². The van der Waals surface area contributed by atoms with Gasteiger partial charge in [-0.05, 0) is 6.07 Å². The molecule has 1 atom stereocenters. The van der Waals surface area contributed by atoms with E-state index in [0.29, 0.717) is 0 Å². The second-order valence-corrected chi connectivity index (χ2v) is 3.37. The van der Waals surface area contributed by atoms with Gasteiger partial charge in [-0.2, -0.15) is 0 Å². The zero-order valence-electron chi connectivity index (χ0n) is 7.97. The van der Waals surface area contributed by atoms with E-state index in [9.17, 15) is 4.79 Å². The number of aldehydes is 1. The molecular formula is C11H12N2O. The Morgan fingerprint density at radius 2 is 2.14 bits per heavy atom. The third-order valence-electron chi connectivity index (χ3n) is 2.43. The molecule has 0 fully saturated rings. The first-order valence-electron chi connectivity index (χ1n) is 4.49. The lowest BCUT2D eigenvalue weighted by Gasteiger charge is -2.00. The number of para-hydroxylation sites is 1. The molecule has 1 aromatic carbocycles. The topological polar surface area (TPSA) is 48.0 Å². The first kappa shape index (κ1) is 8.97. The van der Waals surface area contributed by atoms with Gasteiger partial charge in [0, 0.05) is 29.7 Å². The predicted molar refractivity (Wildman–Crippen MR) is 55.9 cm³/mol. The number of nitrogens with two attached hydrogens (primary N) is 1. The standard InChI is InChI=1S/C11H12N2O/c1-13-6-9(10(12)7-14)8-4-2-3-5-11(8)13/h2-7,10H,12H2,1H3. The summed E-state index contributed by atoms with van der Waals surface area (Å²) in [6, 6.07) is 7.38. The van der Waals surface area contributed by atoms with Crippen molar-refractivity contribution in [1.82, 2.24) is 4.57 Å². The second-order valence-electron chi connectivity index (χ2n) is 3.37. The molecule has 0 saturated heterocycles. The largest absolute Gasteiger partial charge is 0.350 e. The quantitative estimate of drug-likeness (QED) is 0.724. The lowest BCUT2D eigenvalue weighted by molar-refractivity contribution is -0.108. The Bertz CT molecular complexity index is 473. The van der Waals surface area contributed by atoms with Gasteiger partial charge in [0.05, 0.1) is 6.04 Å². The summed E-state index contributed by atoms with van der Waals surface area (Å²) < 4.78 is 1.98. The van der Waals surface area contributed by atoms with E-state index < -0.39 is 6.04 Å². The van der Waals surface area contributed by atoms with Gasteiger partial charge in [0.2, 0.25) is 0 Å². The molecule has 3 heteroatoms. The molecule has 1 heterocycles. The van der Waals surface area contributed by atoms with Gasteiger partial charge in [0.15, 0.2) is 0 Å². The number of fused-ring (bicyclic) bond motifs is 1. The maximum Gasteiger partial charge on any atom is 0.141 e. The fourth-order valence-electron chi connectivity index (χ4n) is 1.71. The zero-order chi connectivity index (χ0) is 10.1. The predicted octanol–water partition coefficient (Wildman–Crippen LogP) is 1.38. The molecule has 0 saturated carbocycles. The Kier molecular flexibility index (Phi) is 2.09. The van der Waals surface area contributed by atoms with Gasteiger partial charge in [-0.25, -0.2) is 0 Å². The molecule has 0 bridgehead atoms. The molecule has 0 amide bonds. The third kappa shape index (κ3) is 1.22. The Hall–Kier alpha value is -1.61. The summed E-state index contributed by atoms with van der Waals surface area (Å²) in [6.07, 6.45) is 2.67. The van der Waals surface area contributed by atoms with Crippen molar-refractivity contribution < 1.29 is 4.79 Å². The van der Waals surface area contributed by atoms with E-state index in [4.69, 9.17) is 5.73 Å². The molecule has 3 nitrogen and oxygen atoms in total. The number of hydrogen-bond acceptors (Lipinski definition) is 2. The summed E-state index contributed by atoms with van der Waals surface area (Å²) in [5, 5.41) is 1.05. The summed E-state index contributed by atoms with van der Waals surface area (Å²) in [5.74, 6) is 0. The molecular weight excluding hydrogens is 176 g/mol. The van der Waals surface area contributed by atoms with Crippen LogP contribution in [0.3, 0.4) is 0 Å². The molecule has 72 valence electrons. The number of aromatic nitrogens is 1. The van der Waals surface area contributed by atoms with Gasteiger partial charge in [0.25, 0.3) is 0 Å². The van der Waals surface area contributed by atoms with Gasteiger partial charge >= 0.3 is 0 Å². The van der Waals surface area contributed by atoms with Crippen LogP contribution in [0.4, 0.5) is 0 Å². The molecule has 14 heavy (non-hydrogen) atoms. The Labute approximate surface area is 82.1 Å². The van der Waals surface area contributed by atoms with E-state index in [1.807, 2.05) is 42.1 Å². The minimum atomic E-state index is -0.527. The van der Waals surface area contributed by atoms with E-state index in [0.717, 1.165) is 22.8 Å². The number of benzene rings is 1. The van der Waals surface area contributed by atoms with Gasteiger partial charge < -0.3 is 15.1 Å². The van der Waals surface area contributed by atoms with Crippen LogP contribution in [0.1, 0.15) is 11.6 Å². The minimum Gasteiger partial charge on any atom is -0.350 e. The highest BCUT2D eigenvalue weighted by atomic mass is 16.1. The third-order valence-corrected chi connectivity index (χ3v) is 2.43. The van der Waals surface area contributed by atoms with Gasteiger partial charge in [-0.1, -0.05) is 18.2 Å². The van der Waals surface area contributed by atoms with Crippen LogP contribution in [0.15, 0.2) is 30.5 Å². The van der Waals surface area contributed by atoms with Crippen LogP contribution in [-0.4, -0.2) is 10.9 Å². The lowest BCUT2D eigenvalue weighted by Crippen LogP contribution is -2.10. The maximum absolute atomic E-state index is 10.6. The molecule has 0 aliphatic heterocycles. The highest BCUT2D eigenvalue weighted by Crippen LogP contribution is 2.23. The van der Waals surface area contributed by atoms with Crippen LogP contribution in [0, 0.1) is 0 Å². The van der Waals surface area contributed by atoms with Crippen molar-refractivity contribution in [2.75, 3.05) is 0 Å². The van der Waals surface area contributed by atoms with Gasteiger partial charge in [0.1, 0.15) is 6.29 Å². The van der Waals surface area contributed by atoms with Gasteiger partial charge in [-0.15, -0.1) is 0 Å². The molecule has 2 rings (SSSR count). The average molecular weight is 188 g/mol. The van der Waals surface area contributed by atoms with Crippen molar-refractivity contribution in [2.45, 2.75) is 6.04 Å². The summed E-state index contributed by atoms with van der Waals surface area (Å²) in [6.45, 7) is 0. The van der Waals surface area contributed by atoms with Crippen LogP contribution in [0.5, 0.6) is 0 Å². The number of carbonyl (C=O) groups is 1. The normalized spacial score (nSPS) is 13.0. The number of carbonyl (C=O) groups excluding carboxylic acids is 1. The molecule has 0 aliphatic rings. The number of rotatable bonds is 2. The van der Waals surface area contributed by atoms with Crippen LogP contribution in [0.25, 0.3) is 10.9 Å². The lowest BCUT2D eigenvalue weighted by atomic mass is 10.1. The molecule has 1 unspecified atom stereocenters. The van der Waals surface area contributed by atoms with E-state index in [1.165, 1.54) is 0 Å². The maximum atomic E-state index is 10.6. The highest BCUT2D eigenvalue weighted by molar-refractivity contribution is 5.87. The van der Waals surface area contributed by atoms with E-state index >= 15 is 0 Å². The summed E-state index contributed by atoms with van der Waals surface area (Å²) in [4.78, 5) is 10.6. The molecule has 2 N–H and O–H groups in total. The smallest absolute Gasteiger partial charge is 0.141 e. The van der Waals surface area contributed by atoms with E-state index in [1.54, 1.807) is 0 Å². The van der Waals surface area contributed by atoms with Crippen LogP contribution in [-0.2, 0) is 11.8 Å². The monoisotopic (exact) mass is 188 g/mol. The first-order chi connectivity index (χ1) is 6.74. The molecule has 1 aromatic heterocycles. The minimum absolute atomic E-state index is 0.527. The second kappa shape index (κ2) is 3.27. The van der Waals surface area contributed by atoms with Gasteiger partial charge in [-0.3, -0.25) is 0 Å². The Morgan fingerprint density at radius 1 is 1.43 bits per heavy atom. The highest BCUT2D eigenvalue weighted by Gasteiger charge is 2.11. The average Bonchev–Trinajstić information content (AvgIpc) is 2.56. The molecule has 0 radical (unpaired) electrons. The van der Waals surface area contributed by atoms with Crippen LogP contribution < -0.4 is 5.73 Å². The first-order valence-corrected chi connectivity index (χ1v) is 4.49. The molecule has 0 aliphatic carbocycles. The fourth-order valence-corrected chi connectivity index (χ4v) is 1.71. The SMILES string of the molecule is Cn1cc(C(N)C=O)c2ccccc21. The molecule has 0 spiro atoms. The van der Waals surface area contributed by atoms with Crippen molar-refractivity contribution in [3.63, 3.8) is 0 Å². The van der Waals surface area contributed by atoms with Crippen molar-refractivity contribution in [3.8, 4) is 0 Å². The Morgan fingerprint density at radius 3 is 2.86 bits per heavy atom. The van der Waals surface area contributed by atoms with E-state index in [2.05, 4.69) is 0 Å². The number of aryl methyl sites for hydroxylation is 1. The number of nitrogens with zero attached hydrogens (tertiary/aromatic N) is 1. The van der Waals surface area contributed by atoms with Crippen molar-refractivity contribution in [3.05, 3.63) is 36.0 Å². The van der Waals surface area contributed by atoms with Crippen LogP contribution in [0.2, 0.25) is 0 Å². The summed E-state index contributed by atoms with van der Waals surface area (Å²) in [5.41, 5.74) is 7.68. The fraction of sp³-hybridized carbons (Fsp3) is 0.182. The van der Waals surface area contributed by atoms with E-state index in [-0.39, 0.29) is 0 Å². The zero-order valence-corrected chi connectivity index (χ0v) is 7.97.